The largest absolute Gasteiger partial charge is 0.349 e. The summed E-state index contributed by atoms with van der Waals surface area (Å²) in [5.74, 6) is 0.792. The number of hydrogen-bond acceptors (Lipinski definition) is 4. The quantitative estimate of drug-likeness (QED) is 0.803. The molecule has 0 radical (unpaired) electrons. The molecule has 0 aromatic heterocycles. The zero-order valence-electron chi connectivity index (χ0n) is 15.1. The maximum atomic E-state index is 12.6. The van der Waals surface area contributed by atoms with Crippen molar-refractivity contribution in [3.05, 3.63) is 35.9 Å². The Balaban J connectivity index is 1.64. The first-order chi connectivity index (χ1) is 11.8. The van der Waals surface area contributed by atoms with Crippen LogP contribution in [0.25, 0.3) is 0 Å². The van der Waals surface area contributed by atoms with Crippen molar-refractivity contribution in [2.45, 2.75) is 51.2 Å². The van der Waals surface area contributed by atoms with Crippen molar-refractivity contribution in [2.75, 3.05) is 18.1 Å². The summed E-state index contributed by atoms with van der Waals surface area (Å²) in [7, 11) is -3.02. The van der Waals surface area contributed by atoms with Gasteiger partial charge in [0.1, 0.15) is 0 Å². The number of nitrogens with one attached hydrogen (secondary N) is 1. The molecule has 1 saturated heterocycles. The minimum absolute atomic E-state index is 0.0442. The van der Waals surface area contributed by atoms with Crippen LogP contribution in [0.2, 0.25) is 0 Å². The molecule has 2 aliphatic rings. The van der Waals surface area contributed by atoms with Crippen LogP contribution in [0.4, 0.5) is 0 Å². The maximum absolute atomic E-state index is 12.6. The highest BCUT2D eigenvalue weighted by molar-refractivity contribution is 7.91. The van der Waals surface area contributed by atoms with Crippen molar-refractivity contribution in [2.24, 2.45) is 5.92 Å². The number of hydrogen-bond donors (Lipinski definition) is 1. The predicted molar refractivity (Wildman–Crippen MR) is 98.9 cm³/mol. The minimum Gasteiger partial charge on any atom is -0.349 e. The number of nitrogens with zero attached hydrogens (tertiary/aromatic N) is 1. The third-order valence-corrected chi connectivity index (χ3v) is 7.30. The van der Waals surface area contributed by atoms with Gasteiger partial charge in [-0.25, -0.2) is 8.42 Å². The van der Waals surface area contributed by atoms with E-state index in [9.17, 15) is 13.2 Å². The average Bonchev–Trinajstić information content (AvgIpc) is 3.33. The van der Waals surface area contributed by atoms with Gasteiger partial charge in [-0.05, 0) is 44.6 Å². The van der Waals surface area contributed by atoms with Gasteiger partial charge in [-0.3, -0.25) is 9.69 Å². The molecule has 2 atom stereocenters. The van der Waals surface area contributed by atoms with Gasteiger partial charge in [-0.2, -0.15) is 0 Å². The molecule has 1 saturated carbocycles. The number of benzene rings is 1. The summed E-state index contributed by atoms with van der Waals surface area (Å²) in [6.45, 7) is 5.07. The van der Waals surface area contributed by atoms with Crippen molar-refractivity contribution in [3.8, 4) is 0 Å². The van der Waals surface area contributed by atoms with Crippen LogP contribution in [-0.4, -0.2) is 48.9 Å². The fourth-order valence-electron chi connectivity index (χ4n) is 3.71. The second-order valence-corrected chi connectivity index (χ2v) is 10.1. The summed E-state index contributed by atoms with van der Waals surface area (Å²) in [6, 6.07) is 10.5. The molecule has 1 heterocycles. The molecule has 3 rings (SSSR count). The zero-order valence-corrected chi connectivity index (χ0v) is 15.9. The van der Waals surface area contributed by atoms with Crippen molar-refractivity contribution >= 4 is 15.7 Å². The van der Waals surface area contributed by atoms with Gasteiger partial charge in [0.15, 0.2) is 9.84 Å². The molecule has 2 fully saturated rings. The van der Waals surface area contributed by atoms with Gasteiger partial charge in [-0.15, -0.1) is 0 Å². The van der Waals surface area contributed by atoms with E-state index in [1.165, 1.54) is 18.4 Å². The van der Waals surface area contributed by atoms with Crippen molar-refractivity contribution < 1.29 is 13.2 Å². The standard InChI is InChI=1S/C19H28N2O3S/c1-15(17-8-9-17)21(12-16-6-4-3-5-7-16)13-18(22)20-19(2)10-11-25(23,24)14-19/h3-7,15,17H,8-14H2,1-2H3,(H,20,22). The lowest BCUT2D eigenvalue weighted by Gasteiger charge is -2.31. The van der Waals surface area contributed by atoms with Gasteiger partial charge in [-0.1, -0.05) is 30.3 Å². The molecule has 2 unspecified atom stereocenters. The second kappa shape index (κ2) is 7.08. The Kier molecular flexibility index (Phi) is 5.21. The molecule has 6 heteroatoms. The Bertz CT molecular complexity index is 715. The Hall–Kier alpha value is -1.40. The van der Waals surface area contributed by atoms with Crippen LogP contribution < -0.4 is 5.32 Å². The van der Waals surface area contributed by atoms with E-state index in [4.69, 9.17) is 0 Å². The molecule has 0 bridgehead atoms. The van der Waals surface area contributed by atoms with Crippen molar-refractivity contribution in [3.63, 3.8) is 0 Å². The number of carbonyl (C=O) groups excluding carboxylic acids is 1. The lowest BCUT2D eigenvalue weighted by molar-refractivity contribution is -0.124. The number of amides is 1. The fraction of sp³-hybridized carbons (Fsp3) is 0.632. The molecule has 1 aromatic carbocycles. The highest BCUT2D eigenvalue weighted by atomic mass is 32.2. The summed E-state index contributed by atoms with van der Waals surface area (Å²) in [5, 5.41) is 2.98. The fourth-order valence-corrected chi connectivity index (χ4v) is 5.80. The van der Waals surface area contributed by atoms with Crippen LogP contribution >= 0.6 is 0 Å². The molecular formula is C19H28N2O3S. The third-order valence-electron chi connectivity index (χ3n) is 5.40. The van der Waals surface area contributed by atoms with Gasteiger partial charge in [0.2, 0.25) is 5.91 Å². The van der Waals surface area contributed by atoms with E-state index in [-0.39, 0.29) is 17.4 Å². The second-order valence-electron chi connectivity index (χ2n) is 7.92. The van der Waals surface area contributed by atoms with Gasteiger partial charge in [0.25, 0.3) is 0 Å². The van der Waals surface area contributed by atoms with Crippen molar-refractivity contribution in [1.29, 1.82) is 0 Å². The molecule has 0 spiro atoms. The number of rotatable bonds is 7. The first kappa shape index (κ1) is 18.4. The lowest BCUT2D eigenvalue weighted by atomic mass is 10.0. The van der Waals surface area contributed by atoms with E-state index in [1.54, 1.807) is 0 Å². The summed E-state index contributed by atoms with van der Waals surface area (Å²) in [4.78, 5) is 14.8. The molecule has 1 aliphatic heterocycles. The smallest absolute Gasteiger partial charge is 0.234 e. The van der Waals surface area contributed by atoms with E-state index in [2.05, 4.69) is 29.3 Å². The van der Waals surface area contributed by atoms with E-state index < -0.39 is 15.4 Å². The number of carbonyl (C=O) groups is 1. The molecule has 138 valence electrons. The summed E-state index contributed by atoms with van der Waals surface area (Å²) >= 11 is 0. The highest BCUT2D eigenvalue weighted by Crippen LogP contribution is 2.35. The topological polar surface area (TPSA) is 66.5 Å². The van der Waals surface area contributed by atoms with Crippen LogP contribution in [0.3, 0.4) is 0 Å². The average molecular weight is 365 g/mol. The van der Waals surface area contributed by atoms with Gasteiger partial charge in [0, 0.05) is 12.6 Å². The first-order valence-corrected chi connectivity index (χ1v) is 10.9. The molecule has 25 heavy (non-hydrogen) atoms. The van der Waals surface area contributed by atoms with Gasteiger partial charge in [0.05, 0.1) is 23.6 Å². The van der Waals surface area contributed by atoms with E-state index in [0.717, 1.165) is 6.54 Å². The van der Waals surface area contributed by atoms with Crippen LogP contribution in [0.15, 0.2) is 30.3 Å². The zero-order chi connectivity index (χ0) is 18.1. The van der Waals surface area contributed by atoms with Gasteiger partial charge >= 0.3 is 0 Å². The van der Waals surface area contributed by atoms with Crippen LogP contribution in [0.1, 0.15) is 38.7 Å². The number of sulfone groups is 1. The van der Waals surface area contributed by atoms with Crippen LogP contribution in [0.5, 0.6) is 0 Å². The molecule has 1 aliphatic carbocycles. The summed E-state index contributed by atoms with van der Waals surface area (Å²) in [6.07, 6.45) is 2.95. The monoisotopic (exact) mass is 364 g/mol. The molecule has 1 N–H and O–H groups in total. The normalized spacial score (nSPS) is 26.5. The first-order valence-electron chi connectivity index (χ1n) is 9.06. The minimum atomic E-state index is -3.02. The Morgan fingerprint density at radius 2 is 2.00 bits per heavy atom. The van der Waals surface area contributed by atoms with Gasteiger partial charge < -0.3 is 5.32 Å². The summed E-state index contributed by atoms with van der Waals surface area (Å²) in [5.41, 5.74) is 0.564. The van der Waals surface area contributed by atoms with E-state index >= 15 is 0 Å². The van der Waals surface area contributed by atoms with Crippen LogP contribution in [0, 0.1) is 5.92 Å². The lowest BCUT2D eigenvalue weighted by Crippen LogP contribution is -2.51. The summed E-state index contributed by atoms with van der Waals surface area (Å²) < 4.78 is 23.5. The molecular weight excluding hydrogens is 336 g/mol. The highest BCUT2D eigenvalue weighted by Gasteiger charge is 2.40. The van der Waals surface area contributed by atoms with Crippen molar-refractivity contribution in [1.82, 2.24) is 10.2 Å². The molecule has 1 amide bonds. The molecule has 1 aromatic rings. The predicted octanol–water partition coefficient (Wildman–Crippen LogP) is 1.98. The van der Waals surface area contributed by atoms with Crippen LogP contribution in [-0.2, 0) is 21.2 Å². The Morgan fingerprint density at radius 1 is 1.32 bits per heavy atom. The van der Waals surface area contributed by atoms with E-state index in [1.807, 2.05) is 25.1 Å². The molecule has 5 nitrogen and oxygen atoms in total. The Morgan fingerprint density at radius 3 is 2.56 bits per heavy atom. The SMILES string of the molecule is CC(C1CC1)N(CC(=O)NC1(C)CCS(=O)(=O)C1)Cc1ccccc1. The Labute approximate surface area is 150 Å². The van der Waals surface area contributed by atoms with E-state index in [0.29, 0.717) is 24.9 Å². The maximum Gasteiger partial charge on any atom is 0.234 e. The third kappa shape index (κ3) is 5.05.